The van der Waals surface area contributed by atoms with E-state index in [1.165, 1.54) is 4.57 Å². The quantitative estimate of drug-likeness (QED) is 0.688. The van der Waals surface area contributed by atoms with Crippen LogP contribution < -0.4 is 11.4 Å². The predicted octanol–water partition coefficient (Wildman–Crippen LogP) is 0.678. The first kappa shape index (κ1) is 9.64. The standard InChI is InChI=1S/C10H10N2O3/c1-3-12-8-7(5-4-6(2)11-8)9(13)15-10(12)14/h4-5H,3H2,1-2H3. The molecule has 0 aromatic carbocycles. The van der Waals surface area contributed by atoms with Crippen LogP contribution in [0.4, 0.5) is 0 Å². The first-order valence-corrected chi connectivity index (χ1v) is 4.64. The van der Waals surface area contributed by atoms with Gasteiger partial charge in [0.05, 0.1) is 0 Å². The molecule has 0 bridgehead atoms. The van der Waals surface area contributed by atoms with E-state index in [-0.39, 0.29) is 0 Å². The van der Waals surface area contributed by atoms with Crippen LogP contribution in [0.3, 0.4) is 0 Å². The van der Waals surface area contributed by atoms with Gasteiger partial charge in [-0.2, -0.15) is 0 Å². The summed E-state index contributed by atoms with van der Waals surface area (Å²) in [4.78, 5) is 26.9. The van der Waals surface area contributed by atoms with Gasteiger partial charge in [-0.1, -0.05) is 0 Å². The molecule has 5 nitrogen and oxygen atoms in total. The highest BCUT2D eigenvalue weighted by Gasteiger charge is 2.08. The lowest BCUT2D eigenvalue weighted by atomic mass is 10.3. The van der Waals surface area contributed by atoms with E-state index >= 15 is 0 Å². The Balaban J connectivity index is 3.05. The van der Waals surface area contributed by atoms with Crippen LogP contribution in [0, 0.1) is 6.92 Å². The minimum absolute atomic E-state index is 0.335. The van der Waals surface area contributed by atoms with E-state index in [0.29, 0.717) is 17.6 Å². The second-order valence-corrected chi connectivity index (χ2v) is 3.22. The Morgan fingerprint density at radius 3 is 2.80 bits per heavy atom. The molecule has 0 amide bonds. The van der Waals surface area contributed by atoms with Crippen LogP contribution in [0.2, 0.25) is 0 Å². The molecule has 2 aromatic heterocycles. The summed E-state index contributed by atoms with van der Waals surface area (Å²) >= 11 is 0. The summed E-state index contributed by atoms with van der Waals surface area (Å²) < 4.78 is 5.90. The molecule has 15 heavy (non-hydrogen) atoms. The summed E-state index contributed by atoms with van der Waals surface area (Å²) in [6.45, 7) is 4.03. The summed E-state index contributed by atoms with van der Waals surface area (Å²) in [5, 5.41) is 0.335. The number of rotatable bonds is 1. The van der Waals surface area contributed by atoms with Crippen LogP contribution in [-0.4, -0.2) is 9.55 Å². The predicted molar refractivity (Wildman–Crippen MR) is 55.0 cm³/mol. The van der Waals surface area contributed by atoms with Crippen LogP contribution in [0.1, 0.15) is 12.6 Å². The second-order valence-electron chi connectivity index (χ2n) is 3.22. The van der Waals surface area contributed by atoms with Gasteiger partial charge in [0.1, 0.15) is 5.39 Å². The SMILES string of the molecule is CCn1c(=O)oc(=O)c2ccc(C)nc21. The number of nitrogens with zero attached hydrogens (tertiary/aromatic N) is 2. The van der Waals surface area contributed by atoms with Crippen molar-refractivity contribution < 1.29 is 4.42 Å². The largest absolute Gasteiger partial charge is 0.423 e. The van der Waals surface area contributed by atoms with Crippen molar-refractivity contribution in [1.82, 2.24) is 9.55 Å². The highest BCUT2D eigenvalue weighted by Crippen LogP contribution is 2.05. The lowest BCUT2D eigenvalue weighted by Crippen LogP contribution is -2.25. The van der Waals surface area contributed by atoms with E-state index in [1.54, 1.807) is 26.0 Å². The van der Waals surface area contributed by atoms with Crippen LogP contribution in [-0.2, 0) is 6.54 Å². The number of aromatic nitrogens is 2. The van der Waals surface area contributed by atoms with Gasteiger partial charge in [-0.3, -0.25) is 4.57 Å². The first-order valence-electron chi connectivity index (χ1n) is 4.64. The van der Waals surface area contributed by atoms with Crippen LogP contribution in [0.15, 0.2) is 26.1 Å². The maximum atomic E-state index is 11.4. The zero-order valence-electron chi connectivity index (χ0n) is 8.48. The molecule has 78 valence electrons. The van der Waals surface area contributed by atoms with Crippen molar-refractivity contribution in [2.24, 2.45) is 0 Å². The Hall–Kier alpha value is -1.91. The Labute approximate surface area is 85.0 Å². The van der Waals surface area contributed by atoms with Gasteiger partial charge in [-0.15, -0.1) is 0 Å². The molecule has 0 aliphatic rings. The molecule has 0 saturated heterocycles. The van der Waals surface area contributed by atoms with Crippen molar-refractivity contribution in [2.45, 2.75) is 20.4 Å². The maximum absolute atomic E-state index is 11.4. The van der Waals surface area contributed by atoms with Gasteiger partial charge in [-0.25, -0.2) is 14.6 Å². The molecule has 0 aliphatic carbocycles. The highest BCUT2D eigenvalue weighted by atomic mass is 16.4. The van der Waals surface area contributed by atoms with Crippen molar-refractivity contribution in [3.05, 3.63) is 38.8 Å². The fourth-order valence-corrected chi connectivity index (χ4v) is 1.46. The molecule has 0 unspecified atom stereocenters. The molecule has 0 atom stereocenters. The molecular formula is C10H10N2O3. The number of aryl methyl sites for hydroxylation is 2. The average Bonchev–Trinajstić information content (AvgIpc) is 2.17. The zero-order chi connectivity index (χ0) is 11.0. The minimum atomic E-state index is -0.659. The van der Waals surface area contributed by atoms with Gasteiger partial charge < -0.3 is 4.42 Å². The van der Waals surface area contributed by atoms with Crippen LogP contribution in [0.25, 0.3) is 11.0 Å². The highest BCUT2D eigenvalue weighted by molar-refractivity contribution is 5.73. The van der Waals surface area contributed by atoms with E-state index in [2.05, 4.69) is 9.40 Å². The van der Waals surface area contributed by atoms with Crippen molar-refractivity contribution >= 4 is 11.0 Å². The van der Waals surface area contributed by atoms with E-state index in [4.69, 9.17) is 0 Å². The monoisotopic (exact) mass is 206 g/mol. The van der Waals surface area contributed by atoms with Gasteiger partial charge in [0.2, 0.25) is 0 Å². The molecule has 5 heteroatoms. The Kier molecular flexibility index (Phi) is 2.15. The molecular weight excluding hydrogens is 196 g/mol. The number of hydrogen-bond donors (Lipinski definition) is 0. The molecule has 2 rings (SSSR count). The molecule has 0 radical (unpaired) electrons. The fourth-order valence-electron chi connectivity index (χ4n) is 1.46. The maximum Gasteiger partial charge on any atom is 0.423 e. The molecule has 2 aromatic rings. The molecule has 0 fully saturated rings. The van der Waals surface area contributed by atoms with Gasteiger partial charge in [0, 0.05) is 12.2 Å². The van der Waals surface area contributed by atoms with Crippen molar-refractivity contribution in [2.75, 3.05) is 0 Å². The summed E-state index contributed by atoms with van der Waals surface area (Å²) in [5.74, 6) is -0.659. The van der Waals surface area contributed by atoms with Crippen molar-refractivity contribution in [3.63, 3.8) is 0 Å². The number of hydrogen-bond acceptors (Lipinski definition) is 4. The Morgan fingerprint density at radius 1 is 1.40 bits per heavy atom. The molecule has 0 N–H and O–H groups in total. The lowest BCUT2D eigenvalue weighted by molar-refractivity contribution is 0.420. The normalized spacial score (nSPS) is 10.8. The van der Waals surface area contributed by atoms with Gasteiger partial charge in [0.25, 0.3) is 0 Å². The van der Waals surface area contributed by atoms with E-state index in [9.17, 15) is 9.59 Å². The van der Waals surface area contributed by atoms with Crippen LogP contribution >= 0.6 is 0 Å². The topological polar surface area (TPSA) is 65.1 Å². The second kappa shape index (κ2) is 3.34. The Morgan fingerprint density at radius 2 is 2.13 bits per heavy atom. The third-order valence-electron chi connectivity index (χ3n) is 2.21. The Bertz CT molecular complexity index is 625. The van der Waals surface area contributed by atoms with E-state index in [1.807, 2.05) is 0 Å². The van der Waals surface area contributed by atoms with Gasteiger partial charge in [-0.05, 0) is 26.0 Å². The van der Waals surface area contributed by atoms with Crippen molar-refractivity contribution in [3.8, 4) is 0 Å². The van der Waals surface area contributed by atoms with Gasteiger partial charge >= 0.3 is 11.4 Å². The first-order chi connectivity index (χ1) is 7.13. The number of fused-ring (bicyclic) bond motifs is 1. The minimum Gasteiger partial charge on any atom is -0.372 e. The molecule has 0 spiro atoms. The summed E-state index contributed by atoms with van der Waals surface area (Å²) in [6.07, 6.45) is 0. The van der Waals surface area contributed by atoms with E-state index < -0.39 is 11.4 Å². The van der Waals surface area contributed by atoms with Crippen LogP contribution in [0.5, 0.6) is 0 Å². The van der Waals surface area contributed by atoms with Crippen molar-refractivity contribution in [1.29, 1.82) is 0 Å². The molecule has 0 aliphatic heterocycles. The third-order valence-corrected chi connectivity index (χ3v) is 2.21. The average molecular weight is 206 g/mol. The molecule has 0 saturated carbocycles. The lowest BCUT2D eigenvalue weighted by Gasteiger charge is -2.04. The number of pyridine rings is 1. The molecule has 2 heterocycles. The zero-order valence-corrected chi connectivity index (χ0v) is 8.48. The summed E-state index contributed by atoms with van der Waals surface area (Å²) in [5.41, 5.74) is 0.514. The summed E-state index contributed by atoms with van der Waals surface area (Å²) in [7, 11) is 0. The third kappa shape index (κ3) is 1.45. The van der Waals surface area contributed by atoms with E-state index in [0.717, 1.165) is 5.69 Å². The smallest absolute Gasteiger partial charge is 0.372 e. The van der Waals surface area contributed by atoms with Gasteiger partial charge in [0.15, 0.2) is 5.65 Å². The fraction of sp³-hybridized carbons (Fsp3) is 0.300. The summed E-state index contributed by atoms with van der Waals surface area (Å²) in [6, 6.07) is 3.33.